The Kier molecular flexibility index (Phi) is 3.90. The molecular formula is C11H11ClO4. The van der Waals surface area contributed by atoms with Crippen LogP contribution in [-0.4, -0.2) is 23.5 Å². The summed E-state index contributed by atoms with van der Waals surface area (Å²) >= 11 is 5.80. The van der Waals surface area contributed by atoms with E-state index in [1.165, 1.54) is 12.1 Å². The first-order valence-corrected chi connectivity index (χ1v) is 5.06. The van der Waals surface area contributed by atoms with E-state index in [0.717, 1.165) is 0 Å². The Morgan fingerprint density at radius 3 is 2.62 bits per heavy atom. The summed E-state index contributed by atoms with van der Waals surface area (Å²) in [5.41, 5.74) is 0.255. The average Bonchev–Trinajstić information content (AvgIpc) is 2.24. The highest BCUT2D eigenvalue weighted by Crippen LogP contribution is 2.27. The van der Waals surface area contributed by atoms with Gasteiger partial charge in [-0.2, -0.15) is 0 Å². The topological polar surface area (TPSA) is 63.6 Å². The second-order valence-corrected chi connectivity index (χ2v) is 3.52. The Bertz CT molecular complexity index is 440. The monoisotopic (exact) mass is 242 g/mol. The zero-order chi connectivity index (χ0) is 12.3. The number of rotatable bonds is 3. The Hall–Kier alpha value is -1.55. The summed E-state index contributed by atoms with van der Waals surface area (Å²) in [7, 11) is 0. The van der Waals surface area contributed by atoms with Crippen LogP contribution in [0.15, 0.2) is 12.1 Å². The normalized spacial score (nSPS) is 9.94. The molecule has 0 saturated heterocycles. The fourth-order valence-electron chi connectivity index (χ4n) is 1.26. The minimum atomic E-state index is -0.997. The summed E-state index contributed by atoms with van der Waals surface area (Å²) in [6.45, 7) is 3.25. The number of hydrogen-bond donors (Lipinski definition) is 1. The molecule has 1 aromatic rings. The van der Waals surface area contributed by atoms with E-state index in [9.17, 15) is 14.7 Å². The van der Waals surface area contributed by atoms with Crippen molar-refractivity contribution in [2.75, 3.05) is 6.61 Å². The number of ketones is 1. The second-order valence-electron chi connectivity index (χ2n) is 3.12. The predicted molar refractivity (Wildman–Crippen MR) is 58.8 cm³/mol. The number of carbonyl (C=O) groups is 2. The van der Waals surface area contributed by atoms with Crippen LogP contribution in [0.5, 0.6) is 5.75 Å². The van der Waals surface area contributed by atoms with Crippen LogP contribution >= 0.6 is 11.6 Å². The third-order valence-corrected chi connectivity index (χ3v) is 2.47. The van der Waals surface area contributed by atoms with Gasteiger partial charge in [0.05, 0.1) is 12.2 Å². The molecule has 0 spiro atoms. The quantitative estimate of drug-likeness (QED) is 0.501. The molecule has 4 nitrogen and oxygen atoms in total. The van der Waals surface area contributed by atoms with E-state index in [1.54, 1.807) is 13.8 Å². The molecule has 1 rings (SSSR count). The number of aromatic hydroxyl groups is 1. The molecule has 0 aliphatic heterocycles. The first-order chi connectivity index (χ1) is 7.49. The molecule has 0 radical (unpaired) electrons. The second kappa shape index (κ2) is 4.99. The molecule has 0 unspecified atom stereocenters. The maximum absolute atomic E-state index is 11.6. The number of Topliss-reactive ketones (excluding diaryl/α,β-unsaturated/α-hetero) is 1. The van der Waals surface area contributed by atoms with E-state index >= 15 is 0 Å². The number of hydrogen-bond acceptors (Lipinski definition) is 4. The van der Waals surface area contributed by atoms with Crippen molar-refractivity contribution in [3.05, 3.63) is 28.3 Å². The molecule has 86 valence electrons. The summed E-state index contributed by atoms with van der Waals surface area (Å²) in [6.07, 6.45) is 0. The summed E-state index contributed by atoms with van der Waals surface area (Å²) in [4.78, 5) is 22.9. The van der Waals surface area contributed by atoms with Crippen LogP contribution in [0.3, 0.4) is 0 Å². The number of phenols is 1. The van der Waals surface area contributed by atoms with Crippen molar-refractivity contribution in [2.24, 2.45) is 0 Å². The number of ether oxygens (including phenoxy) is 1. The smallest absolute Gasteiger partial charge is 0.379 e. The lowest BCUT2D eigenvalue weighted by Gasteiger charge is -2.08. The molecule has 1 N–H and O–H groups in total. The Balaban J connectivity index is 3.18. The van der Waals surface area contributed by atoms with Gasteiger partial charge in [-0.1, -0.05) is 11.6 Å². The highest BCUT2D eigenvalue weighted by molar-refractivity contribution is 6.42. The van der Waals surface area contributed by atoms with Crippen molar-refractivity contribution < 1.29 is 19.4 Å². The van der Waals surface area contributed by atoms with E-state index < -0.39 is 11.8 Å². The van der Waals surface area contributed by atoms with Gasteiger partial charge in [-0.3, -0.25) is 4.79 Å². The molecule has 0 amide bonds. The van der Waals surface area contributed by atoms with E-state index in [0.29, 0.717) is 10.6 Å². The molecule has 0 aromatic heterocycles. The number of carbonyl (C=O) groups excluding carboxylic acids is 2. The van der Waals surface area contributed by atoms with E-state index in [2.05, 4.69) is 4.74 Å². The lowest BCUT2D eigenvalue weighted by atomic mass is 10.0. The van der Waals surface area contributed by atoms with E-state index in [4.69, 9.17) is 11.6 Å². The van der Waals surface area contributed by atoms with E-state index in [-0.39, 0.29) is 17.9 Å². The number of phenolic OH excluding ortho intramolecular Hbond substituents is 1. The summed E-state index contributed by atoms with van der Waals surface area (Å²) in [6, 6.07) is 2.72. The van der Waals surface area contributed by atoms with Crippen molar-refractivity contribution >= 4 is 23.4 Å². The lowest BCUT2D eigenvalue weighted by molar-refractivity contribution is -0.137. The zero-order valence-corrected chi connectivity index (χ0v) is 9.67. The van der Waals surface area contributed by atoms with Gasteiger partial charge in [0, 0.05) is 5.02 Å². The van der Waals surface area contributed by atoms with Crippen LogP contribution in [-0.2, 0) is 9.53 Å². The maximum Gasteiger partial charge on any atom is 0.379 e. The predicted octanol–water partition coefficient (Wildman–Crippen LogP) is 2.10. The van der Waals surface area contributed by atoms with Gasteiger partial charge >= 0.3 is 5.97 Å². The van der Waals surface area contributed by atoms with Crippen LogP contribution in [0.25, 0.3) is 0 Å². The van der Waals surface area contributed by atoms with Gasteiger partial charge in [0.1, 0.15) is 5.75 Å². The summed E-state index contributed by atoms with van der Waals surface area (Å²) in [5.74, 6) is -2.16. The van der Waals surface area contributed by atoms with Crippen LogP contribution in [0.4, 0.5) is 0 Å². The van der Waals surface area contributed by atoms with Gasteiger partial charge in [-0.15, -0.1) is 0 Å². The number of halogens is 1. The molecule has 0 aliphatic rings. The largest absolute Gasteiger partial charge is 0.507 e. The minimum absolute atomic E-state index is 0.102. The Labute approximate surface area is 97.8 Å². The van der Waals surface area contributed by atoms with Gasteiger partial charge in [-0.05, 0) is 31.5 Å². The highest BCUT2D eigenvalue weighted by atomic mass is 35.5. The van der Waals surface area contributed by atoms with Crippen molar-refractivity contribution in [3.63, 3.8) is 0 Å². The molecule has 0 saturated carbocycles. The SMILES string of the molecule is CCOC(=O)C(=O)c1c(O)ccc(Cl)c1C. The number of esters is 1. The van der Waals surface area contributed by atoms with Crippen molar-refractivity contribution in [3.8, 4) is 5.75 Å². The molecule has 1 aromatic carbocycles. The van der Waals surface area contributed by atoms with Gasteiger partial charge in [0.15, 0.2) is 0 Å². The summed E-state index contributed by atoms with van der Waals surface area (Å²) < 4.78 is 4.57. The average molecular weight is 243 g/mol. The minimum Gasteiger partial charge on any atom is -0.507 e. The molecule has 0 bridgehead atoms. The third kappa shape index (κ3) is 2.33. The van der Waals surface area contributed by atoms with Crippen molar-refractivity contribution in [2.45, 2.75) is 13.8 Å². The maximum atomic E-state index is 11.6. The molecule has 0 atom stereocenters. The molecule has 0 fully saturated rings. The van der Waals surface area contributed by atoms with E-state index in [1.807, 2.05) is 0 Å². The Morgan fingerprint density at radius 2 is 2.06 bits per heavy atom. The van der Waals surface area contributed by atoms with Gasteiger partial charge < -0.3 is 9.84 Å². The van der Waals surface area contributed by atoms with Crippen LogP contribution in [0.2, 0.25) is 5.02 Å². The van der Waals surface area contributed by atoms with Crippen molar-refractivity contribution in [1.82, 2.24) is 0 Å². The number of benzene rings is 1. The first kappa shape index (κ1) is 12.5. The van der Waals surface area contributed by atoms with Crippen LogP contribution < -0.4 is 0 Å². The van der Waals surface area contributed by atoms with Crippen molar-refractivity contribution in [1.29, 1.82) is 0 Å². The zero-order valence-electron chi connectivity index (χ0n) is 8.91. The summed E-state index contributed by atoms with van der Waals surface area (Å²) in [5, 5.41) is 9.83. The van der Waals surface area contributed by atoms with Crippen LogP contribution in [0, 0.1) is 6.92 Å². The van der Waals surface area contributed by atoms with Gasteiger partial charge in [0.25, 0.3) is 5.78 Å². The standard InChI is InChI=1S/C11H11ClO4/c1-3-16-11(15)10(14)9-6(2)7(12)4-5-8(9)13/h4-5,13H,3H2,1-2H3. The fourth-order valence-corrected chi connectivity index (χ4v) is 1.41. The van der Waals surface area contributed by atoms with Gasteiger partial charge in [-0.25, -0.2) is 4.79 Å². The van der Waals surface area contributed by atoms with Crippen LogP contribution in [0.1, 0.15) is 22.8 Å². The lowest BCUT2D eigenvalue weighted by Crippen LogP contribution is -2.18. The Morgan fingerprint density at radius 1 is 1.44 bits per heavy atom. The highest BCUT2D eigenvalue weighted by Gasteiger charge is 2.24. The molecule has 5 heteroatoms. The molecule has 0 heterocycles. The molecule has 0 aliphatic carbocycles. The third-order valence-electron chi connectivity index (χ3n) is 2.06. The first-order valence-electron chi connectivity index (χ1n) is 4.68. The molecular weight excluding hydrogens is 232 g/mol. The fraction of sp³-hybridized carbons (Fsp3) is 0.273. The molecule has 16 heavy (non-hydrogen) atoms. The van der Waals surface area contributed by atoms with Gasteiger partial charge in [0.2, 0.25) is 0 Å².